The first kappa shape index (κ1) is 21.3. The van der Waals surface area contributed by atoms with Gasteiger partial charge in [0.15, 0.2) is 5.69 Å². The van der Waals surface area contributed by atoms with E-state index >= 15 is 0 Å². The van der Waals surface area contributed by atoms with Crippen LogP contribution in [0.2, 0.25) is 0 Å². The molecule has 5 aromatic rings. The lowest BCUT2D eigenvalue weighted by atomic mass is 10.0. The van der Waals surface area contributed by atoms with Crippen LogP contribution in [0.4, 0.5) is 4.39 Å². The van der Waals surface area contributed by atoms with Crippen LogP contribution in [0.25, 0.3) is 27.5 Å². The molecule has 7 heteroatoms. The molecule has 1 aliphatic carbocycles. The minimum Gasteiger partial charge on any atom is -0.344 e. The van der Waals surface area contributed by atoms with Gasteiger partial charge in [0.25, 0.3) is 11.5 Å². The van der Waals surface area contributed by atoms with Gasteiger partial charge in [0.1, 0.15) is 11.3 Å². The highest BCUT2D eigenvalue weighted by molar-refractivity contribution is 5.96. The maximum atomic E-state index is 13.3. The Morgan fingerprint density at radius 3 is 2.57 bits per heavy atom. The van der Waals surface area contributed by atoms with Crippen molar-refractivity contribution < 1.29 is 9.18 Å². The number of carbonyl (C=O) groups excluding carboxylic acids is 1. The summed E-state index contributed by atoms with van der Waals surface area (Å²) in [7, 11) is 0. The fraction of sp³-hybridized carbons (Fsp3) is 0.179. The standard InChI is InChI=1S/C28H23FN4O2/c1-16(17-10-12-22(29)13-11-17)30-27(34)25-24(19-7-8-19)26-28(35)31-23(15-33(26)32-25)21-9-6-18-4-2-3-5-20(18)14-21/h2-6,9-16,19H,7-8H2,1H3,(H,30,34)(H,31,35). The van der Waals surface area contributed by atoms with Gasteiger partial charge in [-0.2, -0.15) is 5.10 Å². The Balaban J connectivity index is 1.40. The molecule has 1 aliphatic rings. The average molecular weight is 467 g/mol. The third-order valence-electron chi connectivity index (χ3n) is 6.64. The lowest BCUT2D eigenvalue weighted by molar-refractivity contribution is 0.0933. The zero-order chi connectivity index (χ0) is 24.1. The number of benzene rings is 3. The van der Waals surface area contributed by atoms with E-state index in [-0.39, 0.29) is 34.9 Å². The van der Waals surface area contributed by atoms with Crippen molar-refractivity contribution in [3.63, 3.8) is 0 Å². The normalized spacial score (nSPS) is 14.3. The Morgan fingerprint density at radius 1 is 1.09 bits per heavy atom. The number of fused-ring (bicyclic) bond motifs is 2. The SMILES string of the molecule is CC(NC(=O)c1nn2cc(-c3ccc4ccccc4c3)[nH]c(=O)c2c1C1CC1)c1ccc(F)cc1. The number of nitrogens with zero attached hydrogens (tertiary/aromatic N) is 2. The number of nitrogens with one attached hydrogen (secondary N) is 2. The van der Waals surface area contributed by atoms with Crippen molar-refractivity contribution in [1.29, 1.82) is 0 Å². The van der Waals surface area contributed by atoms with E-state index in [1.54, 1.807) is 18.3 Å². The van der Waals surface area contributed by atoms with E-state index in [9.17, 15) is 14.0 Å². The van der Waals surface area contributed by atoms with Crippen molar-refractivity contribution in [3.05, 3.63) is 106 Å². The minimum absolute atomic E-state index is 0.141. The van der Waals surface area contributed by atoms with Crippen molar-refractivity contribution in [1.82, 2.24) is 19.9 Å². The van der Waals surface area contributed by atoms with Crippen LogP contribution in [-0.4, -0.2) is 20.5 Å². The zero-order valence-electron chi connectivity index (χ0n) is 19.1. The second kappa shape index (κ2) is 8.20. The Kier molecular flexibility index (Phi) is 4.99. The zero-order valence-corrected chi connectivity index (χ0v) is 19.1. The maximum Gasteiger partial charge on any atom is 0.274 e. The second-order valence-electron chi connectivity index (χ2n) is 9.14. The van der Waals surface area contributed by atoms with E-state index in [4.69, 9.17) is 0 Å². The molecule has 174 valence electrons. The predicted octanol–water partition coefficient (Wildman–Crippen LogP) is 5.35. The number of hydrogen-bond donors (Lipinski definition) is 2. The van der Waals surface area contributed by atoms with Gasteiger partial charge in [0.2, 0.25) is 0 Å². The fourth-order valence-electron chi connectivity index (χ4n) is 4.63. The van der Waals surface area contributed by atoms with E-state index in [1.165, 1.54) is 16.6 Å². The summed E-state index contributed by atoms with van der Waals surface area (Å²) in [5, 5.41) is 9.71. The van der Waals surface area contributed by atoms with Crippen LogP contribution in [-0.2, 0) is 0 Å². The average Bonchev–Trinajstić information content (AvgIpc) is 3.63. The van der Waals surface area contributed by atoms with Crippen LogP contribution in [0.5, 0.6) is 0 Å². The van der Waals surface area contributed by atoms with Crippen molar-refractivity contribution in [2.75, 3.05) is 0 Å². The number of aromatic amines is 1. The molecular formula is C28H23FN4O2. The van der Waals surface area contributed by atoms with Crippen LogP contribution < -0.4 is 10.9 Å². The summed E-state index contributed by atoms with van der Waals surface area (Å²) in [5.41, 5.74) is 3.38. The maximum absolute atomic E-state index is 13.3. The van der Waals surface area contributed by atoms with Crippen LogP contribution in [0.3, 0.4) is 0 Å². The van der Waals surface area contributed by atoms with E-state index in [0.717, 1.165) is 34.7 Å². The van der Waals surface area contributed by atoms with Crippen molar-refractivity contribution in [2.45, 2.75) is 31.7 Å². The summed E-state index contributed by atoms with van der Waals surface area (Å²) in [6.07, 6.45) is 3.61. The molecule has 0 radical (unpaired) electrons. The molecule has 1 atom stereocenters. The van der Waals surface area contributed by atoms with Gasteiger partial charge in [-0.25, -0.2) is 8.91 Å². The van der Waals surface area contributed by atoms with E-state index in [0.29, 0.717) is 16.8 Å². The summed E-state index contributed by atoms with van der Waals surface area (Å²) >= 11 is 0. The molecule has 1 saturated carbocycles. The van der Waals surface area contributed by atoms with Crippen LogP contribution >= 0.6 is 0 Å². The molecule has 2 aromatic heterocycles. The summed E-state index contributed by atoms with van der Waals surface area (Å²) in [5.74, 6) is -0.536. The number of hydrogen-bond acceptors (Lipinski definition) is 3. The van der Waals surface area contributed by atoms with Crippen molar-refractivity contribution in [3.8, 4) is 11.3 Å². The summed E-state index contributed by atoms with van der Waals surface area (Å²) in [6.45, 7) is 1.84. The number of halogens is 1. The molecule has 1 fully saturated rings. The molecular weight excluding hydrogens is 443 g/mol. The molecule has 1 unspecified atom stereocenters. The highest BCUT2D eigenvalue weighted by Gasteiger charge is 2.34. The Labute approximate surface area is 200 Å². The summed E-state index contributed by atoms with van der Waals surface area (Å²) in [6, 6.07) is 19.7. The molecule has 0 aliphatic heterocycles. The molecule has 0 spiro atoms. The molecule has 2 N–H and O–H groups in total. The van der Waals surface area contributed by atoms with E-state index < -0.39 is 0 Å². The van der Waals surface area contributed by atoms with Gasteiger partial charge in [0.05, 0.1) is 17.9 Å². The number of amides is 1. The van der Waals surface area contributed by atoms with Gasteiger partial charge in [-0.15, -0.1) is 0 Å². The van der Waals surface area contributed by atoms with E-state index in [2.05, 4.69) is 15.4 Å². The highest BCUT2D eigenvalue weighted by atomic mass is 19.1. The third-order valence-corrected chi connectivity index (χ3v) is 6.64. The monoisotopic (exact) mass is 466 g/mol. The Morgan fingerprint density at radius 2 is 1.83 bits per heavy atom. The van der Waals surface area contributed by atoms with Gasteiger partial charge in [-0.05, 0) is 60.2 Å². The van der Waals surface area contributed by atoms with Gasteiger partial charge in [-0.3, -0.25) is 9.59 Å². The van der Waals surface area contributed by atoms with E-state index in [1.807, 2.05) is 49.4 Å². The molecule has 35 heavy (non-hydrogen) atoms. The van der Waals surface area contributed by atoms with Gasteiger partial charge in [-0.1, -0.05) is 48.5 Å². The number of rotatable bonds is 5. The van der Waals surface area contributed by atoms with Gasteiger partial charge >= 0.3 is 0 Å². The first-order valence-electron chi connectivity index (χ1n) is 11.7. The molecule has 0 saturated heterocycles. The van der Waals surface area contributed by atoms with Gasteiger partial charge < -0.3 is 10.3 Å². The first-order valence-corrected chi connectivity index (χ1v) is 11.7. The molecule has 6 rings (SSSR count). The Bertz CT molecular complexity index is 1650. The molecule has 3 aromatic carbocycles. The number of carbonyl (C=O) groups is 1. The molecule has 0 bridgehead atoms. The molecule has 1 amide bonds. The van der Waals surface area contributed by atoms with Gasteiger partial charge in [0, 0.05) is 11.1 Å². The minimum atomic E-state index is -0.348. The molecule has 2 heterocycles. The largest absolute Gasteiger partial charge is 0.344 e. The summed E-state index contributed by atoms with van der Waals surface area (Å²) in [4.78, 5) is 29.5. The third kappa shape index (κ3) is 3.89. The second-order valence-corrected chi connectivity index (χ2v) is 9.14. The van der Waals surface area contributed by atoms with Crippen LogP contribution in [0.1, 0.15) is 53.3 Å². The van der Waals surface area contributed by atoms with Crippen molar-refractivity contribution >= 4 is 22.2 Å². The molecule has 6 nitrogen and oxygen atoms in total. The number of aromatic nitrogens is 3. The lowest BCUT2D eigenvalue weighted by Gasteiger charge is -2.14. The lowest BCUT2D eigenvalue weighted by Crippen LogP contribution is -2.27. The first-order chi connectivity index (χ1) is 17.0. The quantitative estimate of drug-likeness (QED) is 0.366. The fourth-order valence-corrected chi connectivity index (χ4v) is 4.63. The predicted molar refractivity (Wildman–Crippen MR) is 133 cm³/mol. The number of H-pyrrole nitrogens is 1. The topological polar surface area (TPSA) is 79.3 Å². The smallest absolute Gasteiger partial charge is 0.274 e. The Hall–Kier alpha value is -4.26. The van der Waals surface area contributed by atoms with Crippen molar-refractivity contribution in [2.24, 2.45) is 0 Å². The highest BCUT2D eigenvalue weighted by Crippen LogP contribution is 2.43. The van der Waals surface area contributed by atoms with Crippen LogP contribution in [0.15, 0.2) is 77.7 Å². The summed E-state index contributed by atoms with van der Waals surface area (Å²) < 4.78 is 14.8. The van der Waals surface area contributed by atoms with Crippen LogP contribution in [0, 0.1) is 5.82 Å².